The van der Waals surface area contributed by atoms with Gasteiger partial charge in [-0.05, 0) is 32.0 Å². The van der Waals surface area contributed by atoms with Gasteiger partial charge in [-0.2, -0.15) is 0 Å². The predicted molar refractivity (Wildman–Crippen MR) is 69.9 cm³/mol. The van der Waals surface area contributed by atoms with E-state index < -0.39 is 0 Å². The molecule has 0 amide bonds. The van der Waals surface area contributed by atoms with E-state index in [1.54, 1.807) is 0 Å². The van der Waals surface area contributed by atoms with Gasteiger partial charge in [-0.1, -0.05) is 35.8 Å². The van der Waals surface area contributed by atoms with Crippen LogP contribution in [0.2, 0.25) is 0 Å². The highest BCUT2D eigenvalue weighted by Gasteiger charge is 2.12. The molecule has 1 rings (SSSR count). The highest BCUT2D eigenvalue weighted by molar-refractivity contribution is 9.10. The molecule has 0 aromatic heterocycles. The van der Waals surface area contributed by atoms with Crippen molar-refractivity contribution in [3.8, 4) is 0 Å². The minimum atomic E-state index is -0.132. The molecule has 90 valence electrons. The van der Waals surface area contributed by atoms with Crippen molar-refractivity contribution in [1.29, 1.82) is 0 Å². The Kier molecular flexibility index (Phi) is 5.42. The smallest absolute Gasteiger partial charge is 0.128 e. The van der Waals surface area contributed by atoms with E-state index in [1.165, 1.54) is 6.07 Å². The van der Waals surface area contributed by atoms with Gasteiger partial charge in [-0.3, -0.25) is 4.90 Å². The van der Waals surface area contributed by atoms with E-state index >= 15 is 0 Å². The van der Waals surface area contributed by atoms with Crippen LogP contribution >= 0.6 is 15.9 Å². The first kappa shape index (κ1) is 13.7. The maximum atomic E-state index is 13.6. The van der Waals surface area contributed by atoms with Gasteiger partial charge in [0.05, 0.1) is 0 Å². The van der Waals surface area contributed by atoms with Gasteiger partial charge in [0.2, 0.25) is 0 Å². The molecule has 0 N–H and O–H groups in total. The van der Waals surface area contributed by atoms with Gasteiger partial charge in [0, 0.05) is 22.6 Å². The summed E-state index contributed by atoms with van der Waals surface area (Å²) >= 11 is 3.27. The highest BCUT2D eigenvalue weighted by Crippen LogP contribution is 2.18. The SMILES string of the molecule is CCC(CC)N(C)Cc1ccc(Br)cc1F. The maximum Gasteiger partial charge on any atom is 0.128 e. The van der Waals surface area contributed by atoms with Gasteiger partial charge >= 0.3 is 0 Å². The fourth-order valence-corrected chi connectivity index (χ4v) is 2.29. The molecule has 0 aliphatic rings. The summed E-state index contributed by atoms with van der Waals surface area (Å²) in [4.78, 5) is 2.21. The fraction of sp³-hybridized carbons (Fsp3) is 0.538. The molecule has 1 nitrogen and oxygen atoms in total. The van der Waals surface area contributed by atoms with Crippen molar-refractivity contribution < 1.29 is 4.39 Å². The molecule has 0 atom stereocenters. The van der Waals surface area contributed by atoms with Crippen LogP contribution in [0, 0.1) is 5.82 Å². The third-order valence-electron chi connectivity index (χ3n) is 3.00. The average Bonchev–Trinajstić information content (AvgIpc) is 2.24. The van der Waals surface area contributed by atoms with Gasteiger partial charge in [-0.15, -0.1) is 0 Å². The van der Waals surface area contributed by atoms with E-state index in [9.17, 15) is 4.39 Å². The molecule has 0 unspecified atom stereocenters. The fourth-order valence-electron chi connectivity index (χ4n) is 1.96. The van der Waals surface area contributed by atoms with Crippen molar-refractivity contribution in [2.45, 2.75) is 39.3 Å². The van der Waals surface area contributed by atoms with Gasteiger partial charge in [0.15, 0.2) is 0 Å². The van der Waals surface area contributed by atoms with Gasteiger partial charge < -0.3 is 0 Å². The van der Waals surface area contributed by atoms with E-state index in [1.807, 2.05) is 12.1 Å². The molecular formula is C13H19BrFN. The molecule has 0 heterocycles. The number of rotatable bonds is 5. The first-order valence-electron chi connectivity index (χ1n) is 5.72. The largest absolute Gasteiger partial charge is 0.299 e. The average molecular weight is 288 g/mol. The van der Waals surface area contributed by atoms with Crippen molar-refractivity contribution in [3.63, 3.8) is 0 Å². The summed E-state index contributed by atoms with van der Waals surface area (Å²) in [6.45, 7) is 5.01. The van der Waals surface area contributed by atoms with Crippen LogP contribution in [0.4, 0.5) is 4.39 Å². The molecule has 0 bridgehead atoms. The Labute approximate surface area is 106 Å². The van der Waals surface area contributed by atoms with Gasteiger partial charge in [-0.25, -0.2) is 4.39 Å². The quantitative estimate of drug-likeness (QED) is 0.784. The highest BCUT2D eigenvalue weighted by atomic mass is 79.9. The Hall–Kier alpha value is -0.410. The lowest BCUT2D eigenvalue weighted by Crippen LogP contribution is -2.30. The minimum absolute atomic E-state index is 0.132. The van der Waals surface area contributed by atoms with Crippen molar-refractivity contribution >= 4 is 15.9 Å². The molecular weight excluding hydrogens is 269 g/mol. The second-order valence-electron chi connectivity index (χ2n) is 4.12. The lowest BCUT2D eigenvalue weighted by atomic mass is 10.1. The molecule has 1 aromatic rings. The third-order valence-corrected chi connectivity index (χ3v) is 3.49. The van der Waals surface area contributed by atoms with E-state index in [0.717, 1.165) is 22.9 Å². The summed E-state index contributed by atoms with van der Waals surface area (Å²) in [6.07, 6.45) is 2.20. The third kappa shape index (κ3) is 3.56. The summed E-state index contributed by atoms with van der Waals surface area (Å²) in [5.41, 5.74) is 0.762. The summed E-state index contributed by atoms with van der Waals surface area (Å²) in [6, 6.07) is 5.79. The van der Waals surface area contributed by atoms with E-state index in [4.69, 9.17) is 0 Å². The van der Waals surface area contributed by atoms with E-state index in [0.29, 0.717) is 12.6 Å². The Bertz CT molecular complexity index is 337. The monoisotopic (exact) mass is 287 g/mol. The molecule has 16 heavy (non-hydrogen) atoms. The Morgan fingerprint density at radius 3 is 2.44 bits per heavy atom. The zero-order chi connectivity index (χ0) is 12.1. The Morgan fingerprint density at radius 1 is 1.31 bits per heavy atom. The second-order valence-corrected chi connectivity index (χ2v) is 5.04. The number of hydrogen-bond acceptors (Lipinski definition) is 1. The molecule has 0 aliphatic carbocycles. The first-order valence-corrected chi connectivity index (χ1v) is 6.51. The van der Waals surface area contributed by atoms with Gasteiger partial charge in [0.1, 0.15) is 5.82 Å². The maximum absolute atomic E-state index is 13.6. The summed E-state index contributed by atoms with van der Waals surface area (Å²) in [5.74, 6) is -0.132. The zero-order valence-corrected chi connectivity index (χ0v) is 11.7. The molecule has 0 saturated carbocycles. The van der Waals surface area contributed by atoms with Crippen molar-refractivity contribution in [2.75, 3.05) is 7.05 Å². The number of hydrogen-bond donors (Lipinski definition) is 0. The van der Waals surface area contributed by atoms with Crippen LogP contribution in [-0.2, 0) is 6.54 Å². The minimum Gasteiger partial charge on any atom is -0.299 e. The van der Waals surface area contributed by atoms with Crippen LogP contribution in [-0.4, -0.2) is 18.0 Å². The molecule has 0 fully saturated rings. The van der Waals surface area contributed by atoms with Gasteiger partial charge in [0.25, 0.3) is 0 Å². The molecule has 3 heteroatoms. The van der Waals surface area contributed by atoms with Crippen LogP contribution in [0.1, 0.15) is 32.3 Å². The molecule has 0 radical (unpaired) electrons. The van der Waals surface area contributed by atoms with Crippen LogP contribution < -0.4 is 0 Å². The normalized spacial score (nSPS) is 11.4. The lowest BCUT2D eigenvalue weighted by Gasteiger charge is -2.26. The van der Waals surface area contributed by atoms with Crippen LogP contribution in [0.5, 0.6) is 0 Å². The van der Waals surface area contributed by atoms with Crippen LogP contribution in [0.15, 0.2) is 22.7 Å². The van der Waals surface area contributed by atoms with E-state index in [-0.39, 0.29) is 5.82 Å². The zero-order valence-electron chi connectivity index (χ0n) is 10.1. The number of benzene rings is 1. The molecule has 0 aliphatic heterocycles. The Balaban J connectivity index is 2.72. The second kappa shape index (κ2) is 6.36. The lowest BCUT2D eigenvalue weighted by molar-refractivity contribution is 0.219. The van der Waals surface area contributed by atoms with Crippen LogP contribution in [0.3, 0.4) is 0 Å². The Morgan fingerprint density at radius 2 is 1.94 bits per heavy atom. The molecule has 0 spiro atoms. The molecule has 0 saturated heterocycles. The predicted octanol–water partition coefficient (Wildman–Crippen LogP) is 4.21. The molecule has 1 aromatic carbocycles. The number of halogens is 2. The topological polar surface area (TPSA) is 3.24 Å². The summed E-state index contributed by atoms with van der Waals surface area (Å²) < 4.78 is 14.4. The summed E-state index contributed by atoms with van der Waals surface area (Å²) in [5, 5.41) is 0. The van der Waals surface area contributed by atoms with E-state index in [2.05, 4.69) is 41.7 Å². The first-order chi connectivity index (χ1) is 7.58. The summed E-state index contributed by atoms with van der Waals surface area (Å²) in [7, 11) is 2.05. The van der Waals surface area contributed by atoms with Crippen molar-refractivity contribution in [3.05, 3.63) is 34.1 Å². The van der Waals surface area contributed by atoms with Crippen molar-refractivity contribution in [1.82, 2.24) is 4.90 Å². The van der Waals surface area contributed by atoms with Crippen molar-refractivity contribution in [2.24, 2.45) is 0 Å². The number of nitrogens with zero attached hydrogens (tertiary/aromatic N) is 1. The standard InChI is InChI=1S/C13H19BrFN/c1-4-12(5-2)16(3)9-10-6-7-11(14)8-13(10)15/h6-8,12H,4-5,9H2,1-3H3. The van der Waals surface area contributed by atoms with Crippen LogP contribution in [0.25, 0.3) is 0 Å².